The molecule has 0 radical (unpaired) electrons. The Morgan fingerprint density at radius 2 is 1.10 bits per heavy atom. The highest BCUT2D eigenvalue weighted by molar-refractivity contribution is 6.19. The van der Waals surface area contributed by atoms with Crippen molar-refractivity contribution >= 4 is 17.3 Å². The molecule has 0 N–H and O–H groups in total. The second kappa shape index (κ2) is 7.71. The second-order valence-corrected chi connectivity index (χ2v) is 6.84. The van der Waals surface area contributed by atoms with E-state index in [1.54, 1.807) is 83.0 Å². The third kappa shape index (κ3) is 3.48. The molecule has 2 heterocycles. The Morgan fingerprint density at radius 1 is 0.667 bits per heavy atom. The summed E-state index contributed by atoms with van der Waals surface area (Å²) in [5.74, 6) is -0.848. The van der Waals surface area contributed by atoms with E-state index >= 15 is 0 Å². The molecule has 7 heteroatoms. The molecule has 2 aromatic carbocycles. The maximum atomic E-state index is 13.3. The van der Waals surface area contributed by atoms with Gasteiger partial charge in [-0.25, -0.2) is 9.97 Å². The summed E-state index contributed by atoms with van der Waals surface area (Å²) in [4.78, 5) is 46.0. The number of hydrogen-bond donors (Lipinski definition) is 0. The Hall–Kier alpha value is -4.13. The predicted molar refractivity (Wildman–Crippen MR) is 111 cm³/mol. The molecule has 30 heavy (non-hydrogen) atoms. The molecule has 7 nitrogen and oxygen atoms in total. The van der Waals surface area contributed by atoms with Gasteiger partial charge >= 0.3 is 0 Å². The molecule has 0 fully saturated rings. The van der Waals surface area contributed by atoms with Crippen molar-refractivity contribution in [2.45, 2.75) is 13.8 Å². The summed E-state index contributed by atoms with van der Waals surface area (Å²) >= 11 is 0. The summed E-state index contributed by atoms with van der Waals surface area (Å²) in [6, 6.07) is 10.0. The van der Waals surface area contributed by atoms with Crippen LogP contribution in [0.4, 0.5) is 0 Å². The van der Waals surface area contributed by atoms with Gasteiger partial charge < -0.3 is 9.13 Å². The molecule has 0 unspecified atom stereocenters. The number of imidazole rings is 2. The Balaban J connectivity index is 1.81. The lowest BCUT2D eigenvalue weighted by atomic mass is 9.92. The van der Waals surface area contributed by atoms with E-state index in [1.807, 2.05) is 0 Å². The highest BCUT2D eigenvalue weighted by Crippen LogP contribution is 2.23. The Bertz CT molecular complexity index is 1160. The van der Waals surface area contributed by atoms with Gasteiger partial charge in [-0.2, -0.15) is 0 Å². The molecule has 0 aliphatic rings. The van der Waals surface area contributed by atoms with E-state index in [9.17, 15) is 14.4 Å². The van der Waals surface area contributed by atoms with E-state index in [0.717, 1.165) is 11.4 Å². The monoisotopic (exact) mass is 398 g/mol. The minimum atomic E-state index is -0.375. The minimum absolute atomic E-state index is 0.236. The van der Waals surface area contributed by atoms with Crippen LogP contribution in [-0.4, -0.2) is 36.5 Å². The third-order valence-corrected chi connectivity index (χ3v) is 4.86. The van der Waals surface area contributed by atoms with E-state index in [2.05, 4.69) is 9.97 Å². The molecule has 0 amide bonds. The summed E-state index contributed by atoms with van der Waals surface area (Å²) in [6.07, 6.45) is 10.0. The van der Waals surface area contributed by atoms with Crippen LogP contribution in [0.3, 0.4) is 0 Å². The van der Waals surface area contributed by atoms with Crippen LogP contribution in [0.25, 0.3) is 11.4 Å². The SMILES string of the molecule is CC(=O)c1cc(-n2ccnc2)ccc1C(=O)c1ccc(-n2ccnc2)cc1C(C)=O. The first kappa shape index (κ1) is 19.2. The van der Waals surface area contributed by atoms with E-state index in [-0.39, 0.29) is 28.5 Å². The van der Waals surface area contributed by atoms with Gasteiger partial charge in [0.1, 0.15) is 0 Å². The lowest BCUT2D eigenvalue weighted by Gasteiger charge is -2.13. The molecule has 0 aliphatic heterocycles. The van der Waals surface area contributed by atoms with E-state index < -0.39 is 0 Å². The number of ketones is 3. The number of benzene rings is 2. The minimum Gasteiger partial charge on any atom is -0.306 e. The zero-order valence-electron chi connectivity index (χ0n) is 16.4. The largest absolute Gasteiger partial charge is 0.306 e. The van der Waals surface area contributed by atoms with Crippen LogP contribution in [0.1, 0.15) is 50.5 Å². The molecule has 0 atom stereocenters. The van der Waals surface area contributed by atoms with Gasteiger partial charge in [0.15, 0.2) is 17.3 Å². The first-order valence-electron chi connectivity index (χ1n) is 9.27. The Kier molecular flexibility index (Phi) is 4.93. The van der Waals surface area contributed by atoms with Gasteiger partial charge in [-0.1, -0.05) is 0 Å². The first-order chi connectivity index (χ1) is 14.5. The number of rotatable bonds is 6. The number of carbonyl (C=O) groups is 3. The standard InChI is InChI=1S/C23H18N4O3/c1-15(28)21-11-17(26-9-7-24-13-26)3-5-19(21)23(30)20-6-4-18(12-22(20)16(2)29)27-10-8-25-14-27/h3-14H,1-2H3. The maximum Gasteiger partial charge on any atom is 0.194 e. The van der Waals surface area contributed by atoms with Crippen molar-refractivity contribution in [1.29, 1.82) is 0 Å². The number of hydrogen-bond acceptors (Lipinski definition) is 5. The highest BCUT2D eigenvalue weighted by atomic mass is 16.1. The van der Waals surface area contributed by atoms with Crippen molar-refractivity contribution in [3.05, 3.63) is 96.1 Å². The summed E-state index contributed by atoms with van der Waals surface area (Å²) in [5, 5.41) is 0. The van der Waals surface area contributed by atoms with Crippen molar-refractivity contribution < 1.29 is 14.4 Å². The lowest BCUT2D eigenvalue weighted by Crippen LogP contribution is -2.13. The smallest absolute Gasteiger partial charge is 0.194 e. The zero-order valence-corrected chi connectivity index (χ0v) is 16.4. The molecule has 0 spiro atoms. The highest BCUT2D eigenvalue weighted by Gasteiger charge is 2.22. The molecule has 0 bridgehead atoms. The van der Waals surface area contributed by atoms with Crippen LogP contribution >= 0.6 is 0 Å². The summed E-state index contributed by atoms with van der Waals surface area (Å²) in [7, 11) is 0. The molecule has 0 saturated carbocycles. The Labute approximate surface area is 172 Å². The van der Waals surface area contributed by atoms with Gasteiger partial charge in [0.2, 0.25) is 0 Å². The van der Waals surface area contributed by atoms with Gasteiger partial charge in [0.05, 0.1) is 12.7 Å². The van der Waals surface area contributed by atoms with Crippen molar-refractivity contribution in [3.8, 4) is 11.4 Å². The third-order valence-electron chi connectivity index (χ3n) is 4.86. The predicted octanol–water partition coefficient (Wildman–Crippen LogP) is 3.69. The van der Waals surface area contributed by atoms with Gasteiger partial charge in [0, 0.05) is 58.4 Å². The van der Waals surface area contributed by atoms with Crippen molar-refractivity contribution in [3.63, 3.8) is 0 Å². The van der Waals surface area contributed by atoms with Gasteiger partial charge in [0.25, 0.3) is 0 Å². The van der Waals surface area contributed by atoms with E-state index in [1.165, 1.54) is 13.8 Å². The second-order valence-electron chi connectivity index (χ2n) is 6.84. The average molecular weight is 398 g/mol. The van der Waals surface area contributed by atoms with Gasteiger partial charge in [-0.3, -0.25) is 14.4 Å². The Morgan fingerprint density at radius 3 is 1.43 bits per heavy atom. The summed E-state index contributed by atoms with van der Waals surface area (Å²) < 4.78 is 3.50. The topological polar surface area (TPSA) is 86.8 Å². The van der Waals surface area contributed by atoms with Crippen LogP contribution < -0.4 is 0 Å². The van der Waals surface area contributed by atoms with Crippen LogP contribution in [0, 0.1) is 0 Å². The fourth-order valence-corrected chi connectivity index (χ4v) is 3.33. The summed E-state index contributed by atoms with van der Waals surface area (Å²) in [6.45, 7) is 2.83. The van der Waals surface area contributed by atoms with E-state index in [0.29, 0.717) is 11.1 Å². The number of carbonyl (C=O) groups excluding carboxylic acids is 3. The van der Waals surface area contributed by atoms with Crippen LogP contribution in [-0.2, 0) is 0 Å². The summed E-state index contributed by atoms with van der Waals surface area (Å²) in [5.41, 5.74) is 2.53. The number of aromatic nitrogens is 4. The maximum absolute atomic E-state index is 13.3. The average Bonchev–Trinajstić information content (AvgIpc) is 3.46. The molecule has 148 valence electrons. The van der Waals surface area contributed by atoms with E-state index in [4.69, 9.17) is 0 Å². The number of Topliss-reactive ketones (excluding diaryl/α,β-unsaturated/α-hetero) is 2. The number of nitrogens with zero attached hydrogens (tertiary/aromatic N) is 4. The normalized spacial score (nSPS) is 10.7. The first-order valence-corrected chi connectivity index (χ1v) is 9.27. The van der Waals surface area contributed by atoms with Crippen LogP contribution in [0.5, 0.6) is 0 Å². The van der Waals surface area contributed by atoms with Gasteiger partial charge in [-0.15, -0.1) is 0 Å². The molecular formula is C23H18N4O3. The molecule has 0 aliphatic carbocycles. The van der Waals surface area contributed by atoms with Gasteiger partial charge in [-0.05, 0) is 50.2 Å². The van der Waals surface area contributed by atoms with Crippen molar-refractivity contribution in [1.82, 2.24) is 19.1 Å². The molecule has 4 aromatic rings. The molecule has 4 rings (SSSR count). The van der Waals surface area contributed by atoms with Crippen molar-refractivity contribution in [2.24, 2.45) is 0 Å². The fraction of sp³-hybridized carbons (Fsp3) is 0.0870. The quantitative estimate of drug-likeness (QED) is 0.462. The van der Waals surface area contributed by atoms with Crippen molar-refractivity contribution in [2.75, 3.05) is 0 Å². The molecule has 2 aromatic heterocycles. The molecule has 0 saturated heterocycles. The van der Waals surface area contributed by atoms with Crippen LogP contribution in [0.2, 0.25) is 0 Å². The fourth-order valence-electron chi connectivity index (χ4n) is 3.33. The van der Waals surface area contributed by atoms with Crippen LogP contribution in [0.15, 0.2) is 73.8 Å². The molecular weight excluding hydrogens is 380 g/mol. The lowest BCUT2D eigenvalue weighted by molar-refractivity contribution is 0.0982. The zero-order chi connectivity index (χ0) is 21.3.